The van der Waals surface area contributed by atoms with Crippen molar-refractivity contribution in [3.8, 4) is 0 Å². The predicted octanol–water partition coefficient (Wildman–Crippen LogP) is 0.319. The first kappa shape index (κ1) is 10.6. The Labute approximate surface area is 93.2 Å². The Morgan fingerprint density at radius 2 is 2.06 bits per heavy atom. The summed E-state index contributed by atoms with van der Waals surface area (Å²) in [6.07, 6.45) is 0. The molecule has 1 unspecified atom stereocenters. The molecular formula is C11H13N3O2. The van der Waals surface area contributed by atoms with E-state index in [1.807, 2.05) is 13.0 Å². The Kier molecular flexibility index (Phi) is 2.62. The van der Waals surface area contributed by atoms with Crippen molar-refractivity contribution < 1.29 is 9.59 Å². The van der Waals surface area contributed by atoms with Gasteiger partial charge in [0, 0.05) is 6.54 Å². The molecule has 1 aliphatic rings. The van der Waals surface area contributed by atoms with Gasteiger partial charge in [-0.15, -0.1) is 0 Å². The lowest BCUT2D eigenvalue weighted by Crippen LogP contribution is -2.48. The van der Waals surface area contributed by atoms with Crippen LogP contribution in [0.3, 0.4) is 0 Å². The molecule has 1 heterocycles. The van der Waals surface area contributed by atoms with Crippen LogP contribution >= 0.6 is 0 Å². The summed E-state index contributed by atoms with van der Waals surface area (Å²) in [5, 5.41) is 2.64. The molecule has 1 aliphatic heterocycles. The van der Waals surface area contributed by atoms with E-state index in [2.05, 4.69) is 5.32 Å². The number of nitrogens with zero attached hydrogens (tertiary/aromatic N) is 1. The highest BCUT2D eigenvalue weighted by molar-refractivity contribution is 6.19. The van der Waals surface area contributed by atoms with Crippen LogP contribution in [0.15, 0.2) is 24.3 Å². The highest BCUT2D eigenvalue weighted by atomic mass is 16.2. The zero-order valence-corrected chi connectivity index (χ0v) is 8.93. The minimum absolute atomic E-state index is 0.370. The van der Waals surface area contributed by atoms with E-state index in [9.17, 15) is 9.59 Å². The standard InChI is InChI=1S/C11H13N3O2/c1-2-14-8-6-4-3-5-7(8)13-10(15)9(12)11(14)16/h3-6,9H,2,12H2,1H3,(H,13,15). The van der Waals surface area contributed by atoms with Gasteiger partial charge >= 0.3 is 0 Å². The van der Waals surface area contributed by atoms with E-state index in [0.717, 1.165) is 0 Å². The molecule has 0 radical (unpaired) electrons. The molecule has 1 atom stereocenters. The van der Waals surface area contributed by atoms with Gasteiger partial charge in [0.2, 0.25) is 0 Å². The summed E-state index contributed by atoms with van der Waals surface area (Å²) in [5.74, 6) is -0.835. The van der Waals surface area contributed by atoms with Crippen molar-refractivity contribution in [2.45, 2.75) is 13.0 Å². The Morgan fingerprint density at radius 1 is 1.38 bits per heavy atom. The zero-order chi connectivity index (χ0) is 11.7. The van der Waals surface area contributed by atoms with Gasteiger partial charge in [0.1, 0.15) is 0 Å². The number of carbonyl (C=O) groups is 2. The van der Waals surface area contributed by atoms with E-state index in [4.69, 9.17) is 5.73 Å². The fourth-order valence-corrected chi connectivity index (χ4v) is 1.75. The third-order valence-corrected chi connectivity index (χ3v) is 2.58. The van der Waals surface area contributed by atoms with E-state index < -0.39 is 11.9 Å². The fraction of sp³-hybridized carbons (Fsp3) is 0.273. The number of benzene rings is 1. The predicted molar refractivity (Wildman–Crippen MR) is 61.1 cm³/mol. The minimum atomic E-state index is -1.13. The number of nitrogens with one attached hydrogen (secondary N) is 1. The Balaban J connectivity index is 2.54. The molecule has 0 spiro atoms. The molecule has 1 aromatic rings. The van der Waals surface area contributed by atoms with Crippen LogP contribution in [0.5, 0.6) is 0 Å². The van der Waals surface area contributed by atoms with Crippen LogP contribution in [-0.2, 0) is 9.59 Å². The molecule has 2 amide bonds. The molecule has 1 aromatic carbocycles. The van der Waals surface area contributed by atoms with Crippen molar-refractivity contribution in [1.29, 1.82) is 0 Å². The summed E-state index contributed by atoms with van der Waals surface area (Å²) in [6, 6.07) is 6.02. The normalized spacial score (nSPS) is 20.1. The van der Waals surface area contributed by atoms with E-state index in [1.165, 1.54) is 4.90 Å². The van der Waals surface area contributed by atoms with Gasteiger partial charge in [-0.2, -0.15) is 0 Å². The summed E-state index contributed by atoms with van der Waals surface area (Å²) in [5.41, 5.74) is 6.88. The van der Waals surface area contributed by atoms with Crippen LogP contribution in [0.25, 0.3) is 0 Å². The second-order valence-electron chi connectivity index (χ2n) is 3.57. The molecule has 0 aliphatic carbocycles. The molecule has 0 saturated heterocycles. The van der Waals surface area contributed by atoms with E-state index in [1.54, 1.807) is 18.2 Å². The van der Waals surface area contributed by atoms with Gasteiger partial charge in [-0.05, 0) is 19.1 Å². The van der Waals surface area contributed by atoms with Crippen LogP contribution in [-0.4, -0.2) is 24.4 Å². The maximum atomic E-state index is 11.9. The Hall–Kier alpha value is -1.88. The van der Waals surface area contributed by atoms with E-state index in [0.29, 0.717) is 17.9 Å². The van der Waals surface area contributed by atoms with Crippen LogP contribution in [0, 0.1) is 0 Å². The highest BCUT2D eigenvalue weighted by Gasteiger charge is 2.32. The number of carbonyl (C=O) groups excluding carboxylic acids is 2. The first-order valence-corrected chi connectivity index (χ1v) is 5.12. The van der Waals surface area contributed by atoms with Gasteiger partial charge in [-0.25, -0.2) is 0 Å². The fourth-order valence-electron chi connectivity index (χ4n) is 1.75. The molecule has 5 heteroatoms. The third kappa shape index (κ3) is 1.55. The largest absolute Gasteiger partial charge is 0.322 e. The lowest BCUT2D eigenvalue weighted by atomic mass is 10.2. The summed E-state index contributed by atoms with van der Waals surface area (Å²) >= 11 is 0. The van der Waals surface area contributed by atoms with Gasteiger partial charge < -0.3 is 16.0 Å². The van der Waals surface area contributed by atoms with Crippen molar-refractivity contribution in [2.24, 2.45) is 5.73 Å². The summed E-state index contributed by atoms with van der Waals surface area (Å²) in [7, 11) is 0. The van der Waals surface area contributed by atoms with Gasteiger partial charge in [-0.3, -0.25) is 9.59 Å². The van der Waals surface area contributed by atoms with Crippen LogP contribution in [0.1, 0.15) is 6.92 Å². The van der Waals surface area contributed by atoms with Crippen LogP contribution in [0.2, 0.25) is 0 Å². The van der Waals surface area contributed by atoms with Gasteiger partial charge in [0.05, 0.1) is 11.4 Å². The van der Waals surface area contributed by atoms with Gasteiger partial charge in [0.15, 0.2) is 6.04 Å². The number of likely N-dealkylation sites (N-methyl/N-ethyl adjacent to an activating group) is 1. The second-order valence-corrected chi connectivity index (χ2v) is 3.57. The zero-order valence-electron chi connectivity index (χ0n) is 8.93. The maximum Gasteiger partial charge on any atom is 0.253 e. The molecule has 0 saturated carbocycles. The topological polar surface area (TPSA) is 75.4 Å². The van der Waals surface area contributed by atoms with Crippen LogP contribution in [0.4, 0.5) is 11.4 Å². The molecule has 16 heavy (non-hydrogen) atoms. The van der Waals surface area contributed by atoms with E-state index >= 15 is 0 Å². The Morgan fingerprint density at radius 3 is 2.75 bits per heavy atom. The quantitative estimate of drug-likeness (QED) is 0.668. The SMILES string of the molecule is CCN1C(=O)C(N)C(=O)Nc2ccccc21. The lowest BCUT2D eigenvalue weighted by molar-refractivity contribution is -0.126. The average Bonchev–Trinajstić information content (AvgIpc) is 2.38. The monoisotopic (exact) mass is 219 g/mol. The van der Waals surface area contributed by atoms with Gasteiger partial charge in [0.25, 0.3) is 11.8 Å². The summed E-state index contributed by atoms with van der Waals surface area (Å²) < 4.78 is 0. The first-order valence-electron chi connectivity index (χ1n) is 5.12. The average molecular weight is 219 g/mol. The summed E-state index contributed by atoms with van der Waals surface area (Å²) in [6.45, 7) is 2.33. The first-order chi connectivity index (χ1) is 7.65. The van der Waals surface area contributed by atoms with Crippen molar-refractivity contribution in [3.63, 3.8) is 0 Å². The molecule has 5 nitrogen and oxygen atoms in total. The van der Waals surface area contributed by atoms with Crippen molar-refractivity contribution in [2.75, 3.05) is 16.8 Å². The number of anilines is 2. The van der Waals surface area contributed by atoms with Crippen molar-refractivity contribution in [3.05, 3.63) is 24.3 Å². The molecule has 0 aromatic heterocycles. The molecule has 0 bridgehead atoms. The smallest absolute Gasteiger partial charge is 0.253 e. The molecule has 2 rings (SSSR count). The second kappa shape index (κ2) is 3.94. The number of amides is 2. The van der Waals surface area contributed by atoms with Crippen LogP contribution < -0.4 is 16.0 Å². The Bertz CT molecular complexity index is 445. The molecular weight excluding hydrogens is 206 g/mol. The number of para-hydroxylation sites is 2. The third-order valence-electron chi connectivity index (χ3n) is 2.58. The molecule has 0 fully saturated rings. The number of hydrogen-bond acceptors (Lipinski definition) is 3. The number of nitrogens with two attached hydrogens (primary N) is 1. The highest BCUT2D eigenvalue weighted by Crippen LogP contribution is 2.28. The lowest BCUT2D eigenvalue weighted by Gasteiger charge is -2.21. The number of rotatable bonds is 1. The number of fused-ring (bicyclic) bond motifs is 1. The molecule has 84 valence electrons. The minimum Gasteiger partial charge on any atom is -0.322 e. The van der Waals surface area contributed by atoms with Crippen molar-refractivity contribution in [1.82, 2.24) is 0 Å². The van der Waals surface area contributed by atoms with Crippen molar-refractivity contribution >= 4 is 23.2 Å². The van der Waals surface area contributed by atoms with E-state index in [-0.39, 0.29) is 5.91 Å². The number of hydrogen-bond donors (Lipinski definition) is 2. The van der Waals surface area contributed by atoms with Gasteiger partial charge in [-0.1, -0.05) is 12.1 Å². The summed E-state index contributed by atoms with van der Waals surface area (Å²) in [4.78, 5) is 25.0. The maximum absolute atomic E-state index is 11.9. The molecule has 3 N–H and O–H groups in total.